The summed E-state index contributed by atoms with van der Waals surface area (Å²) in [7, 11) is -3.03. The van der Waals surface area contributed by atoms with Crippen LogP contribution >= 0.6 is 11.8 Å². The van der Waals surface area contributed by atoms with Gasteiger partial charge in [0, 0.05) is 22.7 Å². The number of rotatable bonds is 4. The van der Waals surface area contributed by atoms with E-state index in [0.717, 1.165) is 16.5 Å². The highest BCUT2D eigenvalue weighted by atomic mass is 32.2. The molecule has 0 bridgehead atoms. The van der Waals surface area contributed by atoms with Gasteiger partial charge in [-0.15, -0.1) is 0 Å². The summed E-state index contributed by atoms with van der Waals surface area (Å²) in [6, 6.07) is 15.3. The number of anilines is 1. The molecule has 4 heterocycles. The Kier molecular flexibility index (Phi) is 5.56. The first-order chi connectivity index (χ1) is 15.7. The van der Waals surface area contributed by atoms with E-state index in [1.54, 1.807) is 10.5 Å². The van der Waals surface area contributed by atoms with Gasteiger partial charge < -0.3 is 4.90 Å². The Balaban J connectivity index is 1.53. The molecule has 172 valence electrons. The standard InChI is InChI=1S/C24H26N4O3S2/c1-15(2)17-7-9-19(10-8-17)27(24-26-20-13-33(30,31)14-21(20)32-24)12-18-11-23(29)28-16(3)5-4-6-22(28)25-18/h4-11,15,20-21H,12-14H2,1-3H3. The maximum atomic E-state index is 12.8. The van der Waals surface area contributed by atoms with Crippen LogP contribution in [0, 0.1) is 6.92 Å². The molecular weight excluding hydrogens is 456 g/mol. The van der Waals surface area contributed by atoms with Gasteiger partial charge in [0.25, 0.3) is 5.56 Å². The fraction of sp³-hybridized carbons (Fsp3) is 0.375. The van der Waals surface area contributed by atoms with Crippen LogP contribution in [0.2, 0.25) is 0 Å². The molecule has 1 aromatic carbocycles. The quantitative estimate of drug-likeness (QED) is 0.567. The SMILES string of the molecule is Cc1cccc2nc(CN(C3=NC4CS(=O)(=O)CC4S3)c3ccc(C(C)C)cc3)cc(=O)n12. The van der Waals surface area contributed by atoms with Crippen molar-refractivity contribution in [2.75, 3.05) is 16.4 Å². The number of benzene rings is 1. The molecule has 3 aromatic rings. The molecule has 0 saturated carbocycles. The molecule has 5 rings (SSSR count). The Labute approximate surface area is 197 Å². The van der Waals surface area contributed by atoms with Gasteiger partial charge in [-0.25, -0.2) is 13.4 Å². The Bertz CT molecular complexity index is 1410. The van der Waals surface area contributed by atoms with Crippen molar-refractivity contribution in [3.63, 3.8) is 0 Å². The summed E-state index contributed by atoms with van der Waals surface area (Å²) in [6.45, 7) is 6.56. The van der Waals surface area contributed by atoms with Crippen LogP contribution in [0.5, 0.6) is 0 Å². The molecular formula is C24H26N4O3S2. The normalized spacial score (nSPS) is 21.4. The number of sulfone groups is 1. The second-order valence-electron chi connectivity index (χ2n) is 8.99. The minimum atomic E-state index is -3.03. The van der Waals surface area contributed by atoms with Crippen LogP contribution in [0.4, 0.5) is 5.69 Å². The molecule has 9 heteroatoms. The van der Waals surface area contributed by atoms with E-state index in [9.17, 15) is 13.2 Å². The summed E-state index contributed by atoms with van der Waals surface area (Å²) >= 11 is 1.51. The monoisotopic (exact) mass is 482 g/mol. The largest absolute Gasteiger partial charge is 0.315 e. The number of aryl methyl sites for hydroxylation is 1. The number of aromatic nitrogens is 2. The molecule has 33 heavy (non-hydrogen) atoms. The minimum absolute atomic E-state index is 0.0553. The number of aliphatic imine (C=N–C) groups is 1. The first-order valence-corrected chi connectivity index (χ1v) is 13.7. The van der Waals surface area contributed by atoms with Crippen LogP contribution in [0.1, 0.15) is 36.7 Å². The molecule has 0 aliphatic carbocycles. The van der Waals surface area contributed by atoms with Crippen LogP contribution < -0.4 is 10.5 Å². The fourth-order valence-corrected chi connectivity index (χ4v) is 8.17. The molecule has 0 N–H and O–H groups in total. The van der Waals surface area contributed by atoms with Crippen LogP contribution in [-0.4, -0.2) is 45.8 Å². The van der Waals surface area contributed by atoms with E-state index in [0.29, 0.717) is 23.8 Å². The Hall–Kier alpha value is -2.65. The predicted octanol–water partition coefficient (Wildman–Crippen LogP) is 3.40. The Morgan fingerprint density at radius 1 is 1.15 bits per heavy atom. The van der Waals surface area contributed by atoms with E-state index >= 15 is 0 Å². The third kappa shape index (κ3) is 4.31. The van der Waals surface area contributed by atoms with Gasteiger partial charge in [-0.2, -0.15) is 0 Å². The van der Waals surface area contributed by atoms with Gasteiger partial charge in [0.2, 0.25) is 0 Å². The molecule has 1 fully saturated rings. The summed E-state index contributed by atoms with van der Waals surface area (Å²) < 4.78 is 25.7. The number of nitrogens with zero attached hydrogens (tertiary/aromatic N) is 4. The predicted molar refractivity (Wildman–Crippen MR) is 134 cm³/mol. The van der Waals surface area contributed by atoms with Crippen molar-refractivity contribution in [3.8, 4) is 0 Å². The highest BCUT2D eigenvalue weighted by Gasteiger charge is 2.44. The third-order valence-electron chi connectivity index (χ3n) is 6.16. The van der Waals surface area contributed by atoms with E-state index in [1.807, 2.05) is 30.0 Å². The number of hydrogen-bond acceptors (Lipinski definition) is 7. The van der Waals surface area contributed by atoms with E-state index in [2.05, 4.69) is 38.1 Å². The molecule has 2 atom stereocenters. The molecule has 2 aliphatic rings. The third-order valence-corrected chi connectivity index (χ3v) is 9.41. The first kappa shape index (κ1) is 22.2. The van der Waals surface area contributed by atoms with Crippen LogP contribution in [0.25, 0.3) is 5.65 Å². The number of fused-ring (bicyclic) bond motifs is 2. The Morgan fingerprint density at radius 3 is 2.61 bits per heavy atom. The van der Waals surface area contributed by atoms with Crippen molar-refractivity contribution in [2.45, 2.75) is 44.5 Å². The minimum Gasteiger partial charge on any atom is -0.315 e. The van der Waals surface area contributed by atoms with Gasteiger partial charge in [0.15, 0.2) is 15.0 Å². The number of hydrogen-bond donors (Lipinski definition) is 0. The lowest BCUT2D eigenvalue weighted by Gasteiger charge is -2.25. The summed E-state index contributed by atoms with van der Waals surface area (Å²) in [6.07, 6.45) is 0. The van der Waals surface area contributed by atoms with Gasteiger partial charge >= 0.3 is 0 Å². The van der Waals surface area contributed by atoms with E-state index in [-0.39, 0.29) is 28.4 Å². The van der Waals surface area contributed by atoms with Crippen LogP contribution in [-0.2, 0) is 16.4 Å². The molecule has 2 aromatic heterocycles. The summed E-state index contributed by atoms with van der Waals surface area (Å²) in [5.41, 5.74) is 4.15. The highest BCUT2D eigenvalue weighted by Crippen LogP contribution is 2.37. The van der Waals surface area contributed by atoms with Crippen LogP contribution in [0.3, 0.4) is 0 Å². The lowest BCUT2D eigenvalue weighted by Crippen LogP contribution is -2.30. The number of amidine groups is 1. The zero-order valence-electron chi connectivity index (χ0n) is 18.8. The van der Waals surface area contributed by atoms with Crippen molar-refractivity contribution in [3.05, 3.63) is 75.8 Å². The fourth-order valence-electron chi connectivity index (χ4n) is 4.39. The molecule has 1 saturated heterocycles. The van der Waals surface area contributed by atoms with Gasteiger partial charge in [-0.3, -0.25) is 14.2 Å². The lowest BCUT2D eigenvalue weighted by molar-refractivity contribution is 0.601. The number of pyridine rings is 1. The van der Waals surface area contributed by atoms with Crippen molar-refractivity contribution in [1.82, 2.24) is 9.38 Å². The van der Waals surface area contributed by atoms with Crippen LogP contribution in [0.15, 0.2) is 58.3 Å². The maximum Gasteiger partial charge on any atom is 0.258 e. The molecule has 2 aliphatic heterocycles. The molecule has 0 radical (unpaired) electrons. The smallest absolute Gasteiger partial charge is 0.258 e. The van der Waals surface area contributed by atoms with Crippen molar-refractivity contribution in [1.29, 1.82) is 0 Å². The number of thioether (sulfide) groups is 1. The average Bonchev–Trinajstić information content (AvgIpc) is 3.25. The van der Waals surface area contributed by atoms with Gasteiger partial charge in [0.1, 0.15) is 5.65 Å². The molecule has 0 amide bonds. The van der Waals surface area contributed by atoms with Crippen molar-refractivity contribution in [2.24, 2.45) is 4.99 Å². The zero-order chi connectivity index (χ0) is 23.3. The molecule has 0 spiro atoms. The average molecular weight is 483 g/mol. The second-order valence-corrected chi connectivity index (χ2v) is 12.4. The maximum absolute atomic E-state index is 12.8. The van der Waals surface area contributed by atoms with E-state index < -0.39 is 9.84 Å². The highest BCUT2D eigenvalue weighted by molar-refractivity contribution is 8.15. The zero-order valence-corrected chi connectivity index (χ0v) is 20.4. The van der Waals surface area contributed by atoms with Crippen molar-refractivity contribution < 1.29 is 8.42 Å². The van der Waals surface area contributed by atoms with Gasteiger partial charge in [0.05, 0.1) is 29.8 Å². The summed E-state index contributed by atoms with van der Waals surface area (Å²) in [4.78, 5) is 24.4. The van der Waals surface area contributed by atoms with E-state index in [1.165, 1.54) is 17.3 Å². The van der Waals surface area contributed by atoms with Crippen molar-refractivity contribution >= 4 is 38.1 Å². The summed E-state index contributed by atoms with van der Waals surface area (Å²) in [5.74, 6) is 0.675. The van der Waals surface area contributed by atoms with Gasteiger partial charge in [-0.1, -0.05) is 43.8 Å². The molecule has 2 unspecified atom stereocenters. The van der Waals surface area contributed by atoms with Gasteiger partial charge in [-0.05, 0) is 42.7 Å². The Morgan fingerprint density at radius 2 is 1.91 bits per heavy atom. The topological polar surface area (TPSA) is 84.1 Å². The molecule has 7 nitrogen and oxygen atoms in total. The summed E-state index contributed by atoms with van der Waals surface area (Å²) in [5, 5.41) is 0.726. The van der Waals surface area contributed by atoms with E-state index in [4.69, 9.17) is 9.98 Å². The second kappa shape index (κ2) is 8.29. The first-order valence-electron chi connectivity index (χ1n) is 11.0. The lowest BCUT2D eigenvalue weighted by atomic mass is 10.0.